The highest BCUT2D eigenvalue weighted by Crippen LogP contribution is 2.30. The van der Waals surface area contributed by atoms with E-state index in [2.05, 4.69) is 10.5 Å². The summed E-state index contributed by atoms with van der Waals surface area (Å²) in [5.41, 5.74) is 2.45. The number of amides is 1. The van der Waals surface area contributed by atoms with Crippen molar-refractivity contribution in [2.75, 3.05) is 7.05 Å². The summed E-state index contributed by atoms with van der Waals surface area (Å²) in [6.07, 6.45) is 4.55. The smallest absolute Gasteiger partial charge is 0.253 e. The van der Waals surface area contributed by atoms with Crippen molar-refractivity contribution >= 4 is 5.91 Å². The molecule has 2 unspecified atom stereocenters. The average Bonchev–Trinajstić information content (AvgIpc) is 3.19. The fraction of sp³-hybridized carbons (Fsp3) is 0.524. The van der Waals surface area contributed by atoms with E-state index in [4.69, 9.17) is 9.26 Å². The topological polar surface area (TPSA) is 67.6 Å². The maximum Gasteiger partial charge on any atom is 0.253 e. The molecule has 4 rings (SSSR count). The first-order valence-electron chi connectivity index (χ1n) is 9.69. The van der Waals surface area contributed by atoms with E-state index in [0.29, 0.717) is 36.0 Å². The maximum atomic E-state index is 13.0. The molecule has 2 atom stereocenters. The summed E-state index contributed by atoms with van der Waals surface area (Å²) in [6, 6.07) is 8.87. The fourth-order valence-corrected chi connectivity index (χ4v) is 4.30. The number of aryl methyl sites for hydroxylation is 2. The van der Waals surface area contributed by atoms with Gasteiger partial charge in [0, 0.05) is 30.7 Å². The van der Waals surface area contributed by atoms with E-state index in [0.717, 1.165) is 29.9 Å². The summed E-state index contributed by atoms with van der Waals surface area (Å²) in [6.45, 7) is 4.16. The van der Waals surface area contributed by atoms with E-state index in [1.54, 1.807) is 0 Å². The van der Waals surface area contributed by atoms with E-state index in [1.165, 1.54) is 12.8 Å². The minimum absolute atomic E-state index is 0.0593. The van der Waals surface area contributed by atoms with Crippen LogP contribution >= 0.6 is 0 Å². The molecule has 2 aliphatic heterocycles. The first-order valence-corrected chi connectivity index (χ1v) is 9.69. The van der Waals surface area contributed by atoms with Gasteiger partial charge in [-0.25, -0.2) is 0 Å². The highest BCUT2D eigenvalue weighted by atomic mass is 16.5. The van der Waals surface area contributed by atoms with E-state index in [9.17, 15) is 4.79 Å². The summed E-state index contributed by atoms with van der Waals surface area (Å²) in [4.78, 5) is 14.9. The maximum absolute atomic E-state index is 13.0. The van der Waals surface area contributed by atoms with Crippen molar-refractivity contribution in [1.82, 2.24) is 15.4 Å². The zero-order valence-corrected chi connectivity index (χ0v) is 16.2. The highest BCUT2D eigenvalue weighted by Gasteiger charge is 2.36. The number of ether oxygens (including phenoxy) is 1. The van der Waals surface area contributed by atoms with Crippen LogP contribution in [0.2, 0.25) is 0 Å². The van der Waals surface area contributed by atoms with Crippen LogP contribution < -0.4 is 10.1 Å². The zero-order valence-electron chi connectivity index (χ0n) is 16.2. The molecule has 1 aromatic carbocycles. The van der Waals surface area contributed by atoms with Crippen LogP contribution in [0.1, 0.15) is 53.1 Å². The standard InChI is InChI=1S/C21H27N3O3/c1-13-20(14(2)27-23-13)12-26-19-6-4-5-15(9-19)21(25)24(3)18-10-16-7-8-17(11-18)22-16/h4-6,9,16-18,22H,7-8,10-12H2,1-3H3. The van der Waals surface area contributed by atoms with Gasteiger partial charge in [-0.05, 0) is 57.7 Å². The molecule has 0 radical (unpaired) electrons. The molecule has 0 spiro atoms. The summed E-state index contributed by atoms with van der Waals surface area (Å²) in [5.74, 6) is 1.50. The molecule has 2 aromatic rings. The lowest BCUT2D eigenvalue weighted by atomic mass is 9.98. The molecule has 2 saturated heterocycles. The monoisotopic (exact) mass is 369 g/mol. The largest absolute Gasteiger partial charge is 0.489 e. The third-order valence-corrected chi connectivity index (χ3v) is 5.96. The Labute approximate surface area is 159 Å². The highest BCUT2D eigenvalue weighted by molar-refractivity contribution is 5.94. The number of benzene rings is 1. The van der Waals surface area contributed by atoms with Crippen LogP contribution in [0.25, 0.3) is 0 Å². The Balaban J connectivity index is 1.43. The van der Waals surface area contributed by atoms with Crippen LogP contribution in [-0.4, -0.2) is 41.1 Å². The predicted molar refractivity (Wildman–Crippen MR) is 102 cm³/mol. The Hall–Kier alpha value is -2.34. The second kappa shape index (κ2) is 7.35. The Morgan fingerprint density at radius 1 is 1.30 bits per heavy atom. The van der Waals surface area contributed by atoms with Gasteiger partial charge in [-0.15, -0.1) is 0 Å². The SMILES string of the molecule is Cc1noc(C)c1COc1cccc(C(=O)N(C)C2CC3CCC(C2)N3)c1. The van der Waals surface area contributed by atoms with Gasteiger partial charge in [-0.2, -0.15) is 0 Å². The molecule has 2 aliphatic rings. The van der Waals surface area contributed by atoms with Gasteiger partial charge in [0.25, 0.3) is 5.91 Å². The molecule has 6 heteroatoms. The second-order valence-corrected chi connectivity index (χ2v) is 7.80. The Morgan fingerprint density at radius 3 is 2.70 bits per heavy atom. The molecule has 2 bridgehead atoms. The lowest BCUT2D eigenvalue weighted by Gasteiger charge is -2.35. The number of fused-ring (bicyclic) bond motifs is 2. The zero-order chi connectivity index (χ0) is 19.0. The fourth-order valence-electron chi connectivity index (χ4n) is 4.30. The van der Waals surface area contributed by atoms with Gasteiger partial charge in [0.2, 0.25) is 0 Å². The van der Waals surface area contributed by atoms with Crippen molar-refractivity contribution in [1.29, 1.82) is 0 Å². The third kappa shape index (κ3) is 3.72. The first-order chi connectivity index (χ1) is 13.0. The molecular weight excluding hydrogens is 342 g/mol. The van der Waals surface area contributed by atoms with Crippen LogP contribution in [0.3, 0.4) is 0 Å². The molecule has 0 saturated carbocycles. The van der Waals surface area contributed by atoms with Crippen molar-refractivity contribution in [3.8, 4) is 5.75 Å². The lowest BCUT2D eigenvalue weighted by molar-refractivity contribution is 0.0681. The summed E-state index contributed by atoms with van der Waals surface area (Å²) in [5, 5.41) is 7.58. The quantitative estimate of drug-likeness (QED) is 0.876. The molecule has 1 N–H and O–H groups in total. The molecule has 3 heterocycles. The number of hydrogen-bond donors (Lipinski definition) is 1. The molecule has 27 heavy (non-hydrogen) atoms. The van der Waals surface area contributed by atoms with Crippen LogP contribution in [0, 0.1) is 13.8 Å². The van der Waals surface area contributed by atoms with Crippen LogP contribution in [0.15, 0.2) is 28.8 Å². The molecule has 6 nitrogen and oxygen atoms in total. The minimum Gasteiger partial charge on any atom is -0.489 e. The molecule has 0 aliphatic carbocycles. The molecular formula is C21H27N3O3. The van der Waals surface area contributed by atoms with Crippen molar-refractivity contribution in [2.24, 2.45) is 0 Å². The molecule has 1 aromatic heterocycles. The molecule has 144 valence electrons. The van der Waals surface area contributed by atoms with E-state index >= 15 is 0 Å². The summed E-state index contributed by atoms with van der Waals surface area (Å²) < 4.78 is 11.1. The number of nitrogens with zero attached hydrogens (tertiary/aromatic N) is 2. The van der Waals surface area contributed by atoms with Gasteiger partial charge in [-0.1, -0.05) is 11.2 Å². The minimum atomic E-state index is 0.0593. The Morgan fingerprint density at radius 2 is 2.04 bits per heavy atom. The lowest BCUT2D eigenvalue weighted by Crippen LogP contribution is -2.48. The second-order valence-electron chi connectivity index (χ2n) is 7.80. The van der Waals surface area contributed by atoms with Crippen molar-refractivity contribution in [2.45, 2.75) is 64.3 Å². The van der Waals surface area contributed by atoms with Gasteiger partial charge >= 0.3 is 0 Å². The number of hydrogen-bond acceptors (Lipinski definition) is 5. The first kappa shape index (κ1) is 18.0. The summed E-state index contributed by atoms with van der Waals surface area (Å²) >= 11 is 0. The van der Waals surface area contributed by atoms with Crippen LogP contribution in [0.4, 0.5) is 0 Å². The van der Waals surface area contributed by atoms with Gasteiger partial charge in [-0.3, -0.25) is 4.79 Å². The molecule has 1 amide bonds. The number of piperidine rings is 1. The number of nitrogens with one attached hydrogen (secondary N) is 1. The van der Waals surface area contributed by atoms with Crippen molar-refractivity contribution < 1.29 is 14.1 Å². The van der Waals surface area contributed by atoms with E-state index in [-0.39, 0.29) is 5.91 Å². The van der Waals surface area contributed by atoms with Crippen LogP contribution in [0.5, 0.6) is 5.75 Å². The number of carbonyl (C=O) groups excluding carboxylic acids is 1. The van der Waals surface area contributed by atoms with Crippen molar-refractivity contribution in [3.05, 3.63) is 46.8 Å². The van der Waals surface area contributed by atoms with Crippen molar-refractivity contribution in [3.63, 3.8) is 0 Å². The van der Waals surface area contributed by atoms with Gasteiger partial charge < -0.3 is 19.5 Å². The van der Waals surface area contributed by atoms with E-state index < -0.39 is 0 Å². The van der Waals surface area contributed by atoms with Crippen LogP contribution in [-0.2, 0) is 6.61 Å². The Bertz CT molecular complexity index is 800. The van der Waals surface area contributed by atoms with E-state index in [1.807, 2.05) is 50.1 Å². The normalized spacial score (nSPS) is 24.0. The summed E-state index contributed by atoms with van der Waals surface area (Å²) in [7, 11) is 1.93. The van der Waals surface area contributed by atoms with Gasteiger partial charge in [0.1, 0.15) is 18.1 Å². The van der Waals surface area contributed by atoms with Gasteiger partial charge in [0.15, 0.2) is 0 Å². The Kier molecular flexibility index (Phi) is 4.91. The third-order valence-electron chi connectivity index (χ3n) is 5.96. The number of carbonyl (C=O) groups is 1. The van der Waals surface area contributed by atoms with Gasteiger partial charge in [0.05, 0.1) is 11.3 Å². The number of rotatable bonds is 5. The predicted octanol–water partition coefficient (Wildman–Crippen LogP) is 3.23. The molecule has 2 fully saturated rings. The number of aromatic nitrogens is 1. The average molecular weight is 369 g/mol.